The van der Waals surface area contributed by atoms with E-state index in [4.69, 9.17) is 4.42 Å². The number of guanidine groups is 1. The van der Waals surface area contributed by atoms with Crippen LogP contribution in [0.3, 0.4) is 0 Å². The first-order valence-corrected chi connectivity index (χ1v) is 10.7. The summed E-state index contributed by atoms with van der Waals surface area (Å²) >= 11 is 1.72. The third-order valence-corrected chi connectivity index (χ3v) is 6.08. The van der Waals surface area contributed by atoms with Crippen LogP contribution in [0.2, 0.25) is 0 Å². The van der Waals surface area contributed by atoms with Gasteiger partial charge < -0.3 is 15.1 Å². The highest BCUT2D eigenvalue weighted by Crippen LogP contribution is 2.24. The second-order valence-corrected chi connectivity index (χ2v) is 8.16. The van der Waals surface area contributed by atoms with E-state index in [1.165, 1.54) is 24.3 Å². The molecule has 148 valence electrons. The number of hydrogen-bond acceptors (Lipinski definition) is 5. The van der Waals surface area contributed by atoms with Gasteiger partial charge >= 0.3 is 0 Å². The first-order valence-electron chi connectivity index (χ1n) is 9.83. The largest absolute Gasteiger partial charge is 0.468 e. The van der Waals surface area contributed by atoms with Crippen LogP contribution in [-0.2, 0) is 6.54 Å². The zero-order valence-electron chi connectivity index (χ0n) is 16.6. The van der Waals surface area contributed by atoms with Gasteiger partial charge in [0.05, 0.1) is 29.6 Å². The Kier molecular flexibility index (Phi) is 7.29. The molecular weight excluding hydrogens is 358 g/mol. The number of nitrogens with one attached hydrogen (secondary N) is 2. The van der Waals surface area contributed by atoms with E-state index < -0.39 is 0 Å². The van der Waals surface area contributed by atoms with Crippen LogP contribution in [0.4, 0.5) is 0 Å². The summed E-state index contributed by atoms with van der Waals surface area (Å²) in [5, 5.41) is 10.1. The Balaban J connectivity index is 1.55. The molecule has 6 nitrogen and oxygen atoms in total. The molecule has 0 aliphatic carbocycles. The molecule has 1 atom stereocenters. The minimum atomic E-state index is 0.227. The van der Waals surface area contributed by atoms with E-state index in [1.807, 2.05) is 6.07 Å². The van der Waals surface area contributed by atoms with Crippen molar-refractivity contribution in [3.8, 4) is 0 Å². The molecule has 1 saturated heterocycles. The summed E-state index contributed by atoms with van der Waals surface area (Å²) in [4.78, 5) is 11.6. The molecule has 0 bridgehead atoms. The molecule has 2 aromatic heterocycles. The van der Waals surface area contributed by atoms with E-state index in [2.05, 4.69) is 50.8 Å². The van der Waals surface area contributed by atoms with Gasteiger partial charge in [-0.3, -0.25) is 9.89 Å². The van der Waals surface area contributed by atoms with Gasteiger partial charge in [-0.15, -0.1) is 11.3 Å². The number of rotatable bonds is 7. The first kappa shape index (κ1) is 19.9. The molecule has 0 aromatic carbocycles. The zero-order chi connectivity index (χ0) is 19.1. The molecule has 3 heterocycles. The number of furan rings is 1. The van der Waals surface area contributed by atoms with E-state index in [0.29, 0.717) is 12.5 Å². The van der Waals surface area contributed by atoms with Crippen molar-refractivity contribution in [2.45, 2.75) is 51.6 Å². The molecule has 27 heavy (non-hydrogen) atoms. The van der Waals surface area contributed by atoms with Crippen molar-refractivity contribution in [1.82, 2.24) is 20.5 Å². The van der Waals surface area contributed by atoms with Crippen molar-refractivity contribution in [1.29, 1.82) is 0 Å². The second kappa shape index (κ2) is 9.90. The Bertz CT molecular complexity index is 704. The molecule has 2 aromatic rings. The molecule has 0 spiro atoms. The minimum absolute atomic E-state index is 0.227. The van der Waals surface area contributed by atoms with Crippen LogP contribution in [0.15, 0.2) is 33.2 Å². The van der Waals surface area contributed by atoms with Crippen molar-refractivity contribution in [2.75, 3.05) is 26.7 Å². The summed E-state index contributed by atoms with van der Waals surface area (Å²) in [7, 11) is 1.80. The van der Waals surface area contributed by atoms with Crippen molar-refractivity contribution in [2.24, 2.45) is 4.99 Å². The maximum absolute atomic E-state index is 5.72. The third-order valence-electron chi connectivity index (χ3n) is 4.89. The number of thiazole rings is 1. The number of aliphatic imine (C=N–C) groups is 1. The molecule has 0 saturated carbocycles. The average molecular weight is 390 g/mol. The molecule has 0 radical (unpaired) electrons. The lowest BCUT2D eigenvalue weighted by molar-refractivity contribution is 0.146. The van der Waals surface area contributed by atoms with Crippen LogP contribution >= 0.6 is 11.3 Å². The quantitative estimate of drug-likeness (QED) is 0.558. The van der Waals surface area contributed by atoms with Crippen molar-refractivity contribution >= 4 is 17.3 Å². The highest BCUT2D eigenvalue weighted by Gasteiger charge is 2.24. The van der Waals surface area contributed by atoms with Crippen molar-refractivity contribution in [3.63, 3.8) is 0 Å². The van der Waals surface area contributed by atoms with Gasteiger partial charge in [0.2, 0.25) is 0 Å². The van der Waals surface area contributed by atoms with Gasteiger partial charge in [-0.2, -0.15) is 0 Å². The van der Waals surface area contributed by atoms with Crippen LogP contribution in [0.25, 0.3) is 0 Å². The Labute approximate surface area is 166 Å². The fraction of sp³-hybridized carbons (Fsp3) is 0.600. The minimum Gasteiger partial charge on any atom is -0.468 e. The van der Waals surface area contributed by atoms with E-state index in [-0.39, 0.29) is 6.04 Å². The summed E-state index contributed by atoms with van der Waals surface area (Å²) in [6, 6.07) is 4.26. The molecule has 7 heteroatoms. The molecule has 0 amide bonds. The Morgan fingerprint density at radius 2 is 2.11 bits per heavy atom. The monoisotopic (exact) mass is 389 g/mol. The summed E-state index contributed by atoms with van der Waals surface area (Å²) in [5.74, 6) is 2.28. The van der Waals surface area contributed by atoms with Gasteiger partial charge in [0.1, 0.15) is 5.76 Å². The Hall–Kier alpha value is -1.86. The lowest BCUT2D eigenvalue weighted by Crippen LogP contribution is -2.44. The number of likely N-dealkylation sites (tertiary alicyclic amines) is 1. The van der Waals surface area contributed by atoms with Crippen molar-refractivity contribution < 1.29 is 4.42 Å². The Morgan fingerprint density at radius 3 is 2.74 bits per heavy atom. The molecule has 1 aliphatic heterocycles. The zero-order valence-corrected chi connectivity index (χ0v) is 17.4. The fourth-order valence-corrected chi connectivity index (χ4v) is 4.21. The SMILES string of the molecule is CN=C(NCc1csc(C(C)C)n1)NCC(c1ccco1)N1CCCCC1. The normalized spacial score (nSPS) is 17.3. The number of hydrogen-bond donors (Lipinski definition) is 2. The summed E-state index contributed by atoms with van der Waals surface area (Å²) in [5.41, 5.74) is 1.06. The summed E-state index contributed by atoms with van der Waals surface area (Å²) < 4.78 is 5.72. The standard InChI is InChI=1S/C20H31N5OS/c1-15(2)19-24-16(14-27-19)12-22-20(21-3)23-13-17(18-8-7-11-26-18)25-9-5-4-6-10-25/h7-8,11,14-15,17H,4-6,9-10,12-13H2,1-3H3,(H2,21,22,23). The second-order valence-electron chi connectivity index (χ2n) is 7.27. The van der Waals surface area contributed by atoms with E-state index in [1.54, 1.807) is 24.6 Å². The summed E-state index contributed by atoms with van der Waals surface area (Å²) in [6.07, 6.45) is 5.59. The smallest absolute Gasteiger partial charge is 0.191 e. The van der Waals surface area contributed by atoms with Crippen LogP contribution in [-0.4, -0.2) is 42.5 Å². The Morgan fingerprint density at radius 1 is 1.30 bits per heavy atom. The highest BCUT2D eigenvalue weighted by atomic mass is 32.1. The van der Waals surface area contributed by atoms with Crippen molar-refractivity contribution in [3.05, 3.63) is 40.2 Å². The molecule has 1 unspecified atom stereocenters. The summed E-state index contributed by atoms with van der Waals surface area (Å²) in [6.45, 7) is 8.03. The average Bonchev–Trinajstić information content (AvgIpc) is 3.37. The van der Waals surface area contributed by atoms with Crippen LogP contribution in [0.5, 0.6) is 0 Å². The lowest BCUT2D eigenvalue weighted by atomic mass is 10.1. The van der Waals surface area contributed by atoms with Gasteiger partial charge in [0.25, 0.3) is 0 Å². The lowest BCUT2D eigenvalue weighted by Gasteiger charge is -2.33. The topological polar surface area (TPSA) is 65.7 Å². The molecular formula is C20H31N5OS. The number of aromatic nitrogens is 1. The van der Waals surface area contributed by atoms with E-state index in [0.717, 1.165) is 37.0 Å². The van der Waals surface area contributed by atoms with Crippen LogP contribution < -0.4 is 10.6 Å². The maximum atomic E-state index is 5.72. The van der Waals surface area contributed by atoms with Gasteiger partial charge in [-0.05, 0) is 38.1 Å². The first-order chi connectivity index (χ1) is 13.2. The third kappa shape index (κ3) is 5.56. The molecule has 1 aliphatic rings. The number of piperidine rings is 1. The van der Waals surface area contributed by atoms with Gasteiger partial charge in [-0.1, -0.05) is 20.3 Å². The van der Waals surface area contributed by atoms with Gasteiger partial charge in [0.15, 0.2) is 5.96 Å². The fourth-order valence-electron chi connectivity index (χ4n) is 3.38. The molecule has 1 fully saturated rings. The highest BCUT2D eigenvalue weighted by molar-refractivity contribution is 7.09. The predicted molar refractivity (Wildman–Crippen MR) is 111 cm³/mol. The molecule has 3 rings (SSSR count). The van der Waals surface area contributed by atoms with Crippen LogP contribution in [0, 0.1) is 0 Å². The number of nitrogens with zero attached hydrogens (tertiary/aromatic N) is 3. The van der Waals surface area contributed by atoms with E-state index >= 15 is 0 Å². The predicted octanol–water partition coefficient (Wildman–Crippen LogP) is 3.75. The van der Waals surface area contributed by atoms with Crippen LogP contribution in [0.1, 0.15) is 61.5 Å². The van der Waals surface area contributed by atoms with Gasteiger partial charge in [0, 0.05) is 24.9 Å². The van der Waals surface area contributed by atoms with Gasteiger partial charge in [-0.25, -0.2) is 4.98 Å². The van der Waals surface area contributed by atoms with E-state index in [9.17, 15) is 0 Å². The maximum Gasteiger partial charge on any atom is 0.191 e. The molecule has 2 N–H and O–H groups in total.